The summed E-state index contributed by atoms with van der Waals surface area (Å²) in [4.78, 5) is 18.7. The van der Waals surface area contributed by atoms with Gasteiger partial charge in [0, 0.05) is 31.9 Å². The summed E-state index contributed by atoms with van der Waals surface area (Å²) in [5.41, 5.74) is 13.5. The maximum Gasteiger partial charge on any atom is 0.183 e. The summed E-state index contributed by atoms with van der Waals surface area (Å²) in [6.07, 6.45) is 8.51. The van der Waals surface area contributed by atoms with Crippen molar-refractivity contribution in [1.82, 2.24) is 25.1 Å². The van der Waals surface area contributed by atoms with Crippen LogP contribution in [0.1, 0.15) is 47.7 Å². The summed E-state index contributed by atoms with van der Waals surface area (Å²) in [5, 5.41) is 17.3. The first-order valence-corrected chi connectivity index (χ1v) is 12.6. The van der Waals surface area contributed by atoms with E-state index in [0.717, 1.165) is 97.0 Å². The molecule has 5 heterocycles. The zero-order chi connectivity index (χ0) is 24.3. The van der Waals surface area contributed by atoms with Gasteiger partial charge in [0.2, 0.25) is 0 Å². The van der Waals surface area contributed by atoms with Crippen LogP contribution in [0.15, 0.2) is 42.7 Å². The molecule has 7 rings (SSSR count). The Hall–Kier alpha value is -4.03. The standard InChI is InChI=1S/C27H27N9/c28-15-17-4-1-5-18-19(17)14-27(24(18)29)8-12-35(13-9-27)22-16-31-23-25(32-22)33-34-26(23)36-11-3-6-20-21(36)7-2-10-30-20/h1-2,4-5,7,10,16,24H,3,6,8-9,11-14,29H2,(H,32,33,34)/t24-/m0/s1. The van der Waals surface area contributed by atoms with Crippen molar-refractivity contribution in [2.24, 2.45) is 11.1 Å². The van der Waals surface area contributed by atoms with E-state index in [4.69, 9.17) is 15.7 Å². The molecule has 0 amide bonds. The van der Waals surface area contributed by atoms with Crippen molar-refractivity contribution in [3.05, 3.63) is 65.1 Å². The van der Waals surface area contributed by atoms with Gasteiger partial charge in [0.1, 0.15) is 5.82 Å². The van der Waals surface area contributed by atoms with E-state index in [1.54, 1.807) is 0 Å². The SMILES string of the molecule is N#Cc1cccc2c1CC1(CCN(c3cnc4c(N5CCCc6ncccc65)n[nH]c4n3)CC1)[C@H]2N. The number of nitriles is 1. The van der Waals surface area contributed by atoms with Gasteiger partial charge in [-0.3, -0.25) is 10.1 Å². The fourth-order valence-corrected chi connectivity index (χ4v) is 6.39. The van der Waals surface area contributed by atoms with E-state index in [1.165, 1.54) is 0 Å². The highest BCUT2D eigenvalue weighted by Crippen LogP contribution is 2.51. The van der Waals surface area contributed by atoms with Crippen LogP contribution < -0.4 is 15.5 Å². The highest BCUT2D eigenvalue weighted by Gasteiger charge is 2.46. The van der Waals surface area contributed by atoms with Gasteiger partial charge < -0.3 is 15.5 Å². The Morgan fingerprint density at radius 1 is 1.11 bits per heavy atom. The van der Waals surface area contributed by atoms with E-state index in [-0.39, 0.29) is 11.5 Å². The molecule has 1 aliphatic carbocycles. The Bertz CT molecular complexity index is 1510. The van der Waals surface area contributed by atoms with Crippen LogP contribution in [0.4, 0.5) is 17.3 Å². The Morgan fingerprint density at radius 2 is 2.00 bits per heavy atom. The fourth-order valence-electron chi connectivity index (χ4n) is 6.39. The quantitative estimate of drug-likeness (QED) is 0.449. The molecule has 2 aliphatic heterocycles. The predicted octanol–water partition coefficient (Wildman–Crippen LogP) is 3.55. The number of hydrogen-bond acceptors (Lipinski definition) is 8. The molecule has 1 aromatic carbocycles. The lowest BCUT2D eigenvalue weighted by Crippen LogP contribution is -2.44. The third kappa shape index (κ3) is 3.11. The molecule has 9 heteroatoms. The second kappa shape index (κ2) is 8.00. The number of hydrogen-bond donors (Lipinski definition) is 2. The minimum atomic E-state index is -0.0337. The first kappa shape index (κ1) is 21.3. The summed E-state index contributed by atoms with van der Waals surface area (Å²) in [6, 6.07) is 12.3. The van der Waals surface area contributed by atoms with Gasteiger partial charge in [-0.1, -0.05) is 12.1 Å². The number of rotatable bonds is 2. The van der Waals surface area contributed by atoms with Crippen LogP contribution in [-0.2, 0) is 12.8 Å². The fraction of sp³-hybridized carbons (Fsp3) is 0.370. The molecule has 0 radical (unpaired) electrons. The Balaban J connectivity index is 1.13. The molecule has 1 atom stereocenters. The van der Waals surface area contributed by atoms with Gasteiger partial charge in [-0.2, -0.15) is 10.4 Å². The highest BCUT2D eigenvalue weighted by molar-refractivity contribution is 5.87. The van der Waals surface area contributed by atoms with Crippen LogP contribution in [0.25, 0.3) is 11.2 Å². The van der Waals surface area contributed by atoms with E-state index in [1.807, 2.05) is 30.6 Å². The van der Waals surface area contributed by atoms with Crippen molar-refractivity contribution in [2.75, 3.05) is 29.4 Å². The maximum atomic E-state index is 9.56. The number of piperidine rings is 1. The van der Waals surface area contributed by atoms with Crippen molar-refractivity contribution < 1.29 is 0 Å². The lowest BCUT2D eigenvalue weighted by atomic mass is 9.73. The van der Waals surface area contributed by atoms with Gasteiger partial charge in [0.15, 0.2) is 17.0 Å². The summed E-state index contributed by atoms with van der Waals surface area (Å²) in [7, 11) is 0. The van der Waals surface area contributed by atoms with Gasteiger partial charge in [0.25, 0.3) is 0 Å². The third-order valence-corrected chi connectivity index (χ3v) is 8.39. The van der Waals surface area contributed by atoms with Crippen molar-refractivity contribution in [1.29, 1.82) is 5.26 Å². The number of aromatic nitrogens is 5. The van der Waals surface area contributed by atoms with Crippen LogP contribution >= 0.6 is 0 Å². The van der Waals surface area contributed by atoms with Crippen molar-refractivity contribution in [3.8, 4) is 6.07 Å². The molecule has 9 nitrogen and oxygen atoms in total. The van der Waals surface area contributed by atoms with E-state index >= 15 is 0 Å². The molecule has 0 saturated carbocycles. The topological polar surface area (TPSA) is 124 Å². The number of benzene rings is 1. The number of nitrogens with zero attached hydrogens (tertiary/aromatic N) is 7. The Morgan fingerprint density at radius 3 is 2.86 bits per heavy atom. The molecule has 3 aliphatic rings. The van der Waals surface area contributed by atoms with E-state index in [2.05, 4.69) is 43.2 Å². The molecule has 36 heavy (non-hydrogen) atoms. The highest BCUT2D eigenvalue weighted by atomic mass is 15.3. The Kier molecular flexibility index (Phi) is 4.73. The zero-order valence-electron chi connectivity index (χ0n) is 20.0. The lowest BCUT2D eigenvalue weighted by Gasteiger charge is -2.42. The van der Waals surface area contributed by atoms with Gasteiger partial charge in [-0.05, 0) is 66.8 Å². The van der Waals surface area contributed by atoms with Crippen LogP contribution in [0.2, 0.25) is 0 Å². The molecule has 4 aromatic rings. The number of nitrogens with two attached hydrogens (primary N) is 1. The summed E-state index contributed by atoms with van der Waals surface area (Å²) in [5.74, 6) is 1.66. The van der Waals surface area contributed by atoms with E-state index in [9.17, 15) is 5.26 Å². The van der Waals surface area contributed by atoms with Gasteiger partial charge in [0.05, 0.1) is 29.2 Å². The third-order valence-electron chi connectivity index (χ3n) is 8.39. The van der Waals surface area contributed by atoms with Gasteiger partial charge in [-0.25, -0.2) is 9.97 Å². The number of aryl methyl sites for hydroxylation is 1. The molecule has 1 saturated heterocycles. The van der Waals surface area contributed by atoms with Crippen LogP contribution in [0.3, 0.4) is 0 Å². The van der Waals surface area contributed by atoms with Crippen molar-refractivity contribution in [3.63, 3.8) is 0 Å². The largest absolute Gasteiger partial charge is 0.355 e. The second-order valence-electron chi connectivity index (χ2n) is 10.2. The molecule has 0 unspecified atom stereocenters. The molecule has 0 bridgehead atoms. The maximum absolute atomic E-state index is 9.56. The number of anilines is 3. The normalized spacial score (nSPS) is 20.4. The minimum Gasteiger partial charge on any atom is -0.355 e. The number of nitrogens with one attached hydrogen (secondary N) is 1. The summed E-state index contributed by atoms with van der Waals surface area (Å²) >= 11 is 0. The predicted molar refractivity (Wildman–Crippen MR) is 137 cm³/mol. The van der Waals surface area contributed by atoms with Crippen LogP contribution in [-0.4, -0.2) is 44.8 Å². The molecule has 3 N–H and O–H groups in total. The van der Waals surface area contributed by atoms with Gasteiger partial charge in [-0.15, -0.1) is 0 Å². The Labute approximate surface area is 209 Å². The molecule has 3 aromatic heterocycles. The molecule has 180 valence electrons. The zero-order valence-corrected chi connectivity index (χ0v) is 20.0. The number of H-pyrrole nitrogens is 1. The van der Waals surface area contributed by atoms with E-state index < -0.39 is 0 Å². The summed E-state index contributed by atoms with van der Waals surface area (Å²) < 4.78 is 0. The number of fused-ring (bicyclic) bond motifs is 3. The van der Waals surface area contributed by atoms with Gasteiger partial charge >= 0.3 is 0 Å². The lowest BCUT2D eigenvalue weighted by molar-refractivity contribution is 0.187. The molecule has 1 fully saturated rings. The van der Waals surface area contributed by atoms with Crippen molar-refractivity contribution >= 4 is 28.5 Å². The number of pyridine rings is 1. The van der Waals surface area contributed by atoms with Crippen LogP contribution in [0.5, 0.6) is 0 Å². The molecular weight excluding hydrogens is 450 g/mol. The van der Waals surface area contributed by atoms with E-state index in [0.29, 0.717) is 5.65 Å². The molecular formula is C27H27N9. The average molecular weight is 478 g/mol. The van der Waals surface area contributed by atoms with Crippen LogP contribution in [0, 0.1) is 16.7 Å². The summed E-state index contributed by atoms with van der Waals surface area (Å²) in [6.45, 7) is 2.60. The van der Waals surface area contributed by atoms with Crippen molar-refractivity contribution in [2.45, 2.75) is 38.1 Å². The minimum absolute atomic E-state index is 0.000161. The number of aromatic amines is 1. The smallest absolute Gasteiger partial charge is 0.183 e. The first-order valence-electron chi connectivity index (χ1n) is 12.6. The average Bonchev–Trinajstić information content (AvgIpc) is 3.47. The monoisotopic (exact) mass is 477 g/mol. The second-order valence-corrected chi connectivity index (χ2v) is 10.2. The molecule has 1 spiro atoms. The first-order chi connectivity index (χ1) is 17.7.